The van der Waals surface area contributed by atoms with Crippen molar-refractivity contribution < 1.29 is 40.5 Å². The van der Waals surface area contributed by atoms with E-state index in [1.54, 1.807) is 6.92 Å². The van der Waals surface area contributed by atoms with Gasteiger partial charge >= 0.3 is 18.4 Å². The third-order valence-electron chi connectivity index (χ3n) is 3.71. The number of carbonyl (C=O) groups excluding carboxylic acids is 2. The molecule has 0 saturated carbocycles. The number of hydrogen-bond acceptors (Lipinski definition) is 4. The van der Waals surface area contributed by atoms with Gasteiger partial charge in [-0.25, -0.2) is 4.79 Å². The fourth-order valence-electron chi connectivity index (χ4n) is 2.39. The average molecular weight is 450 g/mol. The van der Waals surface area contributed by atoms with Crippen LogP contribution in [-0.4, -0.2) is 35.1 Å². The molecule has 1 heterocycles. The predicted octanol–water partition coefficient (Wildman–Crippen LogP) is 4.68. The van der Waals surface area contributed by atoms with Crippen LogP contribution in [0, 0.1) is 6.92 Å². The minimum Gasteiger partial charge on any atom is -0.360 e. The van der Waals surface area contributed by atoms with Crippen LogP contribution in [0.3, 0.4) is 0 Å². The van der Waals surface area contributed by atoms with Crippen molar-refractivity contribution in [2.45, 2.75) is 19.3 Å². The standard InChI is InChI=1S/C18H16F6N4O3/c1-3-4-28(9-15(29)26-14-5-10(2)31-27-14)16(30)25-13-7-11(17(19,20)21)6-12(8-13)18(22,23)24/h3,5-8H,1,4,9H2,2H3,(H,25,30)(H,26,27,29). The highest BCUT2D eigenvalue weighted by atomic mass is 19.4. The number of rotatable bonds is 6. The quantitative estimate of drug-likeness (QED) is 0.494. The summed E-state index contributed by atoms with van der Waals surface area (Å²) in [6.07, 6.45) is -8.92. The van der Waals surface area contributed by atoms with Crippen LogP contribution in [0.2, 0.25) is 0 Å². The summed E-state index contributed by atoms with van der Waals surface area (Å²) in [4.78, 5) is 25.3. The molecule has 13 heteroatoms. The molecule has 0 bridgehead atoms. The van der Waals surface area contributed by atoms with Crippen molar-refractivity contribution in [2.24, 2.45) is 0 Å². The summed E-state index contributed by atoms with van der Waals surface area (Å²) >= 11 is 0. The third-order valence-corrected chi connectivity index (χ3v) is 3.71. The van der Waals surface area contributed by atoms with Gasteiger partial charge in [0.15, 0.2) is 5.82 Å². The molecular weight excluding hydrogens is 434 g/mol. The largest absolute Gasteiger partial charge is 0.416 e. The zero-order valence-electron chi connectivity index (χ0n) is 15.9. The van der Waals surface area contributed by atoms with Crippen molar-refractivity contribution in [3.05, 3.63) is 53.8 Å². The van der Waals surface area contributed by atoms with Crippen molar-refractivity contribution in [1.82, 2.24) is 10.1 Å². The molecule has 0 unspecified atom stereocenters. The van der Waals surface area contributed by atoms with Crippen molar-refractivity contribution in [3.63, 3.8) is 0 Å². The van der Waals surface area contributed by atoms with Gasteiger partial charge in [0.1, 0.15) is 12.3 Å². The Morgan fingerprint density at radius 2 is 1.65 bits per heavy atom. The van der Waals surface area contributed by atoms with E-state index >= 15 is 0 Å². The maximum Gasteiger partial charge on any atom is 0.416 e. The first-order valence-electron chi connectivity index (χ1n) is 8.49. The Hall–Kier alpha value is -3.51. The fourth-order valence-corrected chi connectivity index (χ4v) is 2.39. The number of aromatic nitrogens is 1. The number of alkyl halides is 6. The summed E-state index contributed by atoms with van der Waals surface area (Å²) < 4.78 is 82.5. The molecule has 31 heavy (non-hydrogen) atoms. The molecule has 0 aliphatic heterocycles. The molecule has 2 N–H and O–H groups in total. The Morgan fingerprint density at radius 3 is 2.10 bits per heavy atom. The summed E-state index contributed by atoms with van der Waals surface area (Å²) in [6, 6.07) is 0.940. The first-order chi connectivity index (χ1) is 14.3. The van der Waals surface area contributed by atoms with E-state index in [0.29, 0.717) is 17.9 Å². The van der Waals surface area contributed by atoms with Crippen molar-refractivity contribution >= 4 is 23.4 Å². The summed E-state index contributed by atoms with van der Waals surface area (Å²) in [6.45, 7) is 4.16. The lowest BCUT2D eigenvalue weighted by Gasteiger charge is -2.22. The van der Waals surface area contributed by atoms with Crippen LogP contribution in [0.1, 0.15) is 16.9 Å². The number of amides is 3. The molecule has 1 aromatic carbocycles. The molecule has 0 atom stereocenters. The van der Waals surface area contributed by atoms with Crippen LogP contribution in [0.15, 0.2) is 41.4 Å². The Labute approximate surface area is 171 Å². The van der Waals surface area contributed by atoms with Crippen molar-refractivity contribution in [2.75, 3.05) is 23.7 Å². The highest BCUT2D eigenvalue weighted by Crippen LogP contribution is 2.37. The Balaban J connectivity index is 2.21. The number of nitrogens with zero attached hydrogens (tertiary/aromatic N) is 2. The first kappa shape index (κ1) is 23.8. The zero-order valence-corrected chi connectivity index (χ0v) is 15.9. The van der Waals surface area contributed by atoms with Gasteiger partial charge in [0, 0.05) is 18.3 Å². The van der Waals surface area contributed by atoms with Gasteiger partial charge in [-0.3, -0.25) is 4.79 Å². The molecule has 2 aromatic rings. The second kappa shape index (κ2) is 9.10. The first-order valence-corrected chi connectivity index (χ1v) is 8.49. The van der Waals surface area contributed by atoms with Gasteiger partial charge in [-0.15, -0.1) is 6.58 Å². The number of anilines is 2. The van der Waals surface area contributed by atoms with Crippen LogP contribution in [0.5, 0.6) is 0 Å². The summed E-state index contributed by atoms with van der Waals surface area (Å²) in [5.74, 6) is -0.263. The molecule has 0 spiro atoms. The second-order valence-corrected chi connectivity index (χ2v) is 6.26. The molecule has 168 valence electrons. The van der Waals surface area contributed by atoms with Crippen LogP contribution in [0.4, 0.5) is 42.6 Å². The third kappa shape index (κ3) is 6.76. The highest BCUT2D eigenvalue weighted by Gasteiger charge is 2.37. The number of benzene rings is 1. The van der Waals surface area contributed by atoms with E-state index in [1.807, 2.05) is 5.32 Å². The van der Waals surface area contributed by atoms with Crippen LogP contribution in [-0.2, 0) is 17.1 Å². The molecule has 2 rings (SSSR count). The molecular formula is C18H16F6N4O3. The maximum atomic E-state index is 13.0. The molecule has 0 saturated heterocycles. The Kier molecular flexibility index (Phi) is 6.98. The lowest BCUT2D eigenvalue weighted by molar-refractivity contribution is -0.143. The number of urea groups is 1. The van der Waals surface area contributed by atoms with E-state index in [1.165, 1.54) is 12.1 Å². The van der Waals surface area contributed by atoms with E-state index in [2.05, 4.69) is 17.1 Å². The van der Waals surface area contributed by atoms with E-state index in [9.17, 15) is 35.9 Å². The van der Waals surface area contributed by atoms with Gasteiger partial charge in [0.25, 0.3) is 0 Å². The zero-order chi connectivity index (χ0) is 23.4. The summed E-state index contributed by atoms with van der Waals surface area (Å²) in [5.41, 5.74) is -3.92. The lowest BCUT2D eigenvalue weighted by atomic mass is 10.1. The van der Waals surface area contributed by atoms with Crippen molar-refractivity contribution in [1.29, 1.82) is 0 Å². The average Bonchev–Trinajstić information content (AvgIpc) is 3.04. The number of aryl methyl sites for hydroxylation is 1. The lowest BCUT2D eigenvalue weighted by Crippen LogP contribution is -2.40. The normalized spacial score (nSPS) is 11.7. The number of hydrogen-bond donors (Lipinski definition) is 2. The highest BCUT2D eigenvalue weighted by molar-refractivity contribution is 5.96. The summed E-state index contributed by atoms with van der Waals surface area (Å²) in [7, 11) is 0. The molecule has 0 aliphatic carbocycles. The Bertz CT molecular complexity index is 936. The van der Waals surface area contributed by atoms with Gasteiger partial charge in [0.05, 0.1) is 11.1 Å². The van der Waals surface area contributed by atoms with Crippen LogP contribution < -0.4 is 10.6 Å². The number of halogens is 6. The minimum absolute atomic E-state index is 0.0640. The molecule has 1 aromatic heterocycles. The minimum atomic E-state index is -5.07. The molecule has 3 amide bonds. The monoisotopic (exact) mass is 450 g/mol. The van der Waals surface area contributed by atoms with Gasteiger partial charge in [0.2, 0.25) is 5.91 Å². The van der Waals surface area contributed by atoms with Gasteiger partial charge < -0.3 is 20.1 Å². The second-order valence-electron chi connectivity index (χ2n) is 6.26. The van der Waals surface area contributed by atoms with Crippen LogP contribution in [0.25, 0.3) is 0 Å². The topological polar surface area (TPSA) is 87.5 Å². The predicted molar refractivity (Wildman–Crippen MR) is 97.1 cm³/mol. The number of carbonyl (C=O) groups is 2. The maximum absolute atomic E-state index is 13.0. The van der Waals surface area contributed by atoms with Crippen LogP contribution >= 0.6 is 0 Å². The van der Waals surface area contributed by atoms with Gasteiger partial charge in [-0.2, -0.15) is 26.3 Å². The van der Waals surface area contributed by atoms with Gasteiger partial charge in [-0.1, -0.05) is 11.2 Å². The van der Waals surface area contributed by atoms with Gasteiger partial charge in [-0.05, 0) is 25.1 Å². The SMILES string of the molecule is C=CCN(CC(=O)Nc1cc(C)on1)C(=O)Nc1cc(C(F)(F)F)cc(C(F)(F)F)c1. The van der Waals surface area contributed by atoms with E-state index in [0.717, 1.165) is 4.90 Å². The molecule has 0 fully saturated rings. The molecule has 0 aliphatic rings. The molecule has 7 nitrogen and oxygen atoms in total. The van der Waals surface area contributed by atoms with Crippen molar-refractivity contribution in [3.8, 4) is 0 Å². The smallest absolute Gasteiger partial charge is 0.360 e. The van der Waals surface area contributed by atoms with E-state index < -0.39 is 47.6 Å². The van der Waals surface area contributed by atoms with E-state index in [4.69, 9.17) is 4.52 Å². The number of nitrogens with one attached hydrogen (secondary N) is 2. The summed E-state index contributed by atoms with van der Waals surface area (Å²) in [5, 5.41) is 7.81. The van der Waals surface area contributed by atoms with E-state index in [-0.39, 0.29) is 18.4 Å². The molecule has 0 radical (unpaired) electrons. The fraction of sp³-hybridized carbons (Fsp3) is 0.278. The Morgan fingerprint density at radius 1 is 1.06 bits per heavy atom.